The summed E-state index contributed by atoms with van der Waals surface area (Å²) in [4.78, 5) is 28.9. The van der Waals surface area contributed by atoms with E-state index in [2.05, 4.69) is 32.5 Å². The third-order valence-corrected chi connectivity index (χ3v) is 6.11. The van der Waals surface area contributed by atoms with E-state index in [1.165, 1.54) is 5.69 Å². The predicted octanol–water partition coefficient (Wildman–Crippen LogP) is 2.66. The molecule has 3 aromatic rings. The molecule has 2 heterocycles. The SMILES string of the molecule is COc1ccc(NC(=O)c2nnc(COCC(=O)N3CCN(c4ccccc4)CC3)s2)cc1. The Kier molecular flexibility index (Phi) is 7.48. The molecule has 0 unspecified atom stereocenters. The van der Waals surface area contributed by atoms with Crippen LogP contribution in [0.25, 0.3) is 0 Å². The molecule has 1 N–H and O–H groups in total. The van der Waals surface area contributed by atoms with E-state index in [9.17, 15) is 9.59 Å². The van der Waals surface area contributed by atoms with Crippen LogP contribution < -0.4 is 15.0 Å². The molecule has 9 nitrogen and oxygen atoms in total. The van der Waals surface area contributed by atoms with Crippen LogP contribution >= 0.6 is 11.3 Å². The van der Waals surface area contributed by atoms with E-state index in [4.69, 9.17) is 9.47 Å². The number of hydrogen-bond acceptors (Lipinski definition) is 8. The fourth-order valence-corrected chi connectivity index (χ4v) is 4.10. The summed E-state index contributed by atoms with van der Waals surface area (Å²) in [5.41, 5.74) is 1.80. The molecule has 0 aliphatic carbocycles. The third kappa shape index (κ3) is 6.05. The van der Waals surface area contributed by atoms with Crippen molar-refractivity contribution in [3.63, 3.8) is 0 Å². The molecule has 4 rings (SSSR count). The summed E-state index contributed by atoms with van der Waals surface area (Å²) in [5, 5.41) is 11.4. The molecule has 0 radical (unpaired) electrons. The highest BCUT2D eigenvalue weighted by Gasteiger charge is 2.21. The standard InChI is InChI=1S/C23H25N5O4S/c1-31-19-9-7-17(8-10-19)24-22(30)23-26-25-20(33-23)15-32-16-21(29)28-13-11-27(12-14-28)18-5-3-2-4-6-18/h2-10H,11-16H2,1H3,(H,24,30). The highest BCUT2D eigenvalue weighted by molar-refractivity contribution is 7.13. The Bertz CT molecular complexity index is 1070. The number of carbonyl (C=O) groups is 2. The lowest BCUT2D eigenvalue weighted by molar-refractivity contribution is -0.136. The fraction of sp³-hybridized carbons (Fsp3) is 0.304. The van der Waals surface area contributed by atoms with Gasteiger partial charge in [-0.15, -0.1) is 10.2 Å². The van der Waals surface area contributed by atoms with Gasteiger partial charge in [0.05, 0.1) is 7.11 Å². The van der Waals surface area contributed by atoms with Crippen LogP contribution in [0.15, 0.2) is 54.6 Å². The summed E-state index contributed by atoms with van der Waals surface area (Å²) < 4.78 is 10.6. The molecule has 10 heteroatoms. The molecule has 0 saturated carbocycles. The minimum atomic E-state index is -0.351. The normalized spacial score (nSPS) is 13.6. The van der Waals surface area contributed by atoms with Crippen molar-refractivity contribution in [1.82, 2.24) is 15.1 Å². The summed E-state index contributed by atoms with van der Waals surface area (Å²) in [7, 11) is 1.58. The number of methoxy groups -OCH3 is 1. The number of nitrogens with one attached hydrogen (secondary N) is 1. The van der Waals surface area contributed by atoms with Crippen molar-refractivity contribution in [3.05, 3.63) is 64.6 Å². The molecule has 33 heavy (non-hydrogen) atoms. The second-order valence-corrected chi connectivity index (χ2v) is 8.44. The number of aromatic nitrogens is 2. The van der Waals surface area contributed by atoms with Crippen molar-refractivity contribution < 1.29 is 19.1 Å². The highest BCUT2D eigenvalue weighted by atomic mass is 32.1. The largest absolute Gasteiger partial charge is 0.497 e. The predicted molar refractivity (Wildman–Crippen MR) is 126 cm³/mol. The number of nitrogens with zero attached hydrogens (tertiary/aromatic N) is 4. The van der Waals surface area contributed by atoms with Crippen molar-refractivity contribution in [2.75, 3.05) is 50.1 Å². The minimum absolute atomic E-state index is 0.0295. The maximum absolute atomic E-state index is 12.5. The Morgan fingerprint density at radius 1 is 1.00 bits per heavy atom. The Labute approximate surface area is 195 Å². The second-order valence-electron chi connectivity index (χ2n) is 7.38. The molecule has 0 bridgehead atoms. The van der Waals surface area contributed by atoms with Crippen LogP contribution in [0.1, 0.15) is 14.8 Å². The van der Waals surface area contributed by atoms with Gasteiger partial charge in [-0.2, -0.15) is 0 Å². The Hall–Kier alpha value is -3.50. The number of hydrogen-bond donors (Lipinski definition) is 1. The van der Waals surface area contributed by atoms with Crippen molar-refractivity contribution in [2.24, 2.45) is 0 Å². The topological polar surface area (TPSA) is 96.9 Å². The maximum Gasteiger partial charge on any atom is 0.286 e. The number of anilines is 2. The van der Waals surface area contributed by atoms with Crippen molar-refractivity contribution in [2.45, 2.75) is 6.61 Å². The Morgan fingerprint density at radius 2 is 1.73 bits per heavy atom. The van der Waals surface area contributed by atoms with Gasteiger partial charge in [0.2, 0.25) is 10.9 Å². The van der Waals surface area contributed by atoms with E-state index in [1.54, 1.807) is 31.4 Å². The lowest BCUT2D eigenvalue weighted by Gasteiger charge is -2.36. The molecule has 2 amide bonds. The van der Waals surface area contributed by atoms with Crippen LogP contribution in [0.3, 0.4) is 0 Å². The summed E-state index contributed by atoms with van der Waals surface area (Å²) >= 11 is 1.14. The second kappa shape index (κ2) is 10.9. The average Bonchev–Trinajstić information content (AvgIpc) is 3.34. The molecule has 1 aliphatic rings. The number of para-hydroxylation sites is 1. The van der Waals surface area contributed by atoms with Crippen LogP contribution in [0.5, 0.6) is 5.75 Å². The first-order valence-corrected chi connectivity index (χ1v) is 11.4. The highest BCUT2D eigenvalue weighted by Crippen LogP contribution is 2.18. The first-order valence-electron chi connectivity index (χ1n) is 10.6. The smallest absolute Gasteiger partial charge is 0.286 e. The zero-order valence-corrected chi connectivity index (χ0v) is 19.1. The first-order chi connectivity index (χ1) is 16.1. The number of rotatable bonds is 8. The van der Waals surface area contributed by atoms with E-state index in [0.29, 0.717) is 29.5 Å². The van der Waals surface area contributed by atoms with Gasteiger partial charge in [-0.05, 0) is 36.4 Å². The molecule has 1 saturated heterocycles. The summed E-state index contributed by atoms with van der Waals surface area (Å²) in [6.07, 6.45) is 0. The van der Waals surface area contributed by atoms with Gasteiger partial charge >= 0.3 is 0 Å². The maximum atomic E-state index is 12.5. The average molecular weight is 468 g/mol. The number of ether oxygens (including phenoxy) is 2. The molecular weight excluding hydrogens is 442 g/mol. The molecular formula is C23H25N5O4S. The quantitative estimate of drug-likeness (QED) is 0.544. The zero-order chi connectivity index (χ0) is 23.0. The van der Waals surface area contributed by atoms with Crippen molar-refractivity contribution in [1.29, 1.82) is 0 Å². The van der Waals surface area contributed by atoms with Crippen molar-refractivity contribution in [3.8, 4) is 5.75 Å². The van der Waals surface area contributed by atoms with Crippen LogP contribution in [-0.4, -0.2) is 66.8 Å². The van der Waals surface area contributed by atoms with E-state index < -0.39 is 0 Å². The molecule has 172 valence electrons. The minimum Gasteiger partial charge on any atom is -0.497 e. The van der Waals surface area contributed by atoms with E-state index in [1.807, 2.05) is 23.1 Å². The van der Waals surface area contributed by atoms with Crippen LogP contribution in [0, 0.1) is 0 Å². The number of carbonyl (C=O) groups excluding carboxylic acids is 2. The van der Waals surface area contributed by atoms with Gasteiger partial charge in [-0.25, -0.2) is 0 Å². The van der Waals surface area contributed by atoms with Crippen LogP contribution in [0.2, 0.25) is 0 Å². The summed E-state index contributed by atoms with van der Waals surface area (Å²) in [5.74, 6) is 0.303. The van der Waals surface area contributed by atoms with Crippen LogP contribution in [-0.2, 0) is 16.1 Å². The molecule has 1 fully saturated rings. The van der Waals surface area contributed by atoms with Gasteiger partial charge in [0.1, 0.15) is 24.0 Å². The first kappa shape index (κ1) is 22.7. The fourth-order valence-electron chi connectivity index (χ4n) is 3.43. The van der Waals surface area contributed by atoms with Crippen LogP contribution in [0.4, 0.5) is 11.4 Å². The van der Waals surface area contributed by atoms with Crippen molar-refractivity contribution >= 4 is 34.5 Å². The summed E-state index contributed by atoms with van der Waals surface area (Å²) in [6, 6.07) is 17.2. The molecule has 0 atom stereocenters. The Morgan fingerprint density at radius 3 is 2.42 bits per heavy atom. The molecule has 1 aliphatic heterocycles. The van der Waals surface area contributed by atoms with E-state index in [-0.39, 0.29) is 30.0 Å². The van der Waals surface area contributed by atoms with Gasteiger partial charge in [-0.1, -0.05) is 29.5 Å². The van der Waals surface area contributed by atoms with E-state index >= 15 is 0 Å². The van der Waals surface area contributed by atoms with Gasteiger partial charge in [0.25, 0.3) is 5.91 Å². The van der Waals surface area contributed by atoms with Gasteiger partial charge in [0, 0.05) is 37.6 Å². The van der Waals surface area contributed by atoms with Gasteiger partial charge < -0.3 is 24.6 Å². The lowest BCUT2D eigenvalue weighted by atomic mass is 10.2. The Balaban J connectivity index is 1.19. The van der Waals surface area contributed by atoms with Gasteiger partial charge in [0.15, 0.2) is 0 Å². The number of benzene rings is 2. The molecule has 1 aromatic heterocycles. The van der Waals surface area contributed by atoms with Gasteiger partial charge in [-0.3, -0.25) is 9.59 Å². The number of amides is 2. The lowest BCUT2D eigenvalue weighted by Crippen LogP contribution is -2.49. The zero-order valence-electron chi connectivity index (χ0n) is 18.3. The monoisotopic (exact) mass is 467 g/mol. The third-order valence-electron chi connectivity index (χ3n) is 5.21. The number of piperazine rings is 1. The molecule has 0 spiro atoms. The summed E-state index contributed by atoms with van der Waals surface area (Å²) in [6.45, 7) is 3.00. The molecule has 2 aromatic carbocycles. The van der Waals surface area contributed by atoms with E-state index in [0.717, 1.165) is 24.4 Å².